The lowest BCUT2D eigenvalue weighted by Crippen LogP contribution is -2.43. The van der Waals surface area contributed by atoms with E-state index in [2.05, 4.69) is 29.4 Å². The number of carboxylic acid groups (broad SMARTS) is 1. The van der Waals surface area contributed by atoms with Crippen LogP contribution in [0.4, 0.5) is 11.4 Å². The van der Waals surface area contributed by atoms with E-state index in [1.807, 2.05) is 42.7 Å². The zero-order valence-corrected chi connectivity index (χ0v) is 28.0. The Morgan fingerprint density at radius 3 is 2.33 bits per heavy atom. The molecule has 0 saturated heterocycles. The standard InChI is InChI=1S/C34H41N3O7S2/c1-4-6-17-34(5-2)22-37(25-15-11-8-12-16-25)26-18-28(45-3)27(19-29(26)46(42,43)23-34)44-21-30(38)36-32(24-13-9-7-10-14-24)33(41)35-20-31(39)40/h7-16,18-19,32H,4-6,17,20-23H2,1-3H3,(H,35,41)(H,36,38)(H,39,40)/t32-,34?/m1/s1. The van der Waals surface area contributed by atoms with E-state index in [0.29, 0.717) is 29.1 Å². The largest absolute Gasteiger partial charge is 0.483 e. The number of carbonyl (C=O) groups is 3. The van der Waals surface area contributed by atoms with Gasteiger partial charge in [-0.15, -0.1) is 11.8 Å². The third-order valence-corrected chi connectivity index (χ3v) is 11.0. The van der Waals surface area contributed by atoms with Crippen LogP contribution < -0.4 is 20.3 Å². The van der Waals surface area contributed by atoms with E-state index in [9.17, 15) is 22.8 Å². The number of hydrogen-bond acceptors (Lipinski definition) is 8. The number of carboxylic acids is 1. The average molecular weight is 668 g/mol. The smallest absolute Gasteiger partial charge is 0.322 e. The maximum atomic E-state index is 14.1. The van der Waals surface area contributed by atoms with E-state index in [4.69, 9.17) is 9.84 Å². The fourth-order valence-electron chi connectivity index (χ4n) is 5.70. The van der Waals surface area contributed by atoms with Crippen molar-refractivity contribution in [2.75, 3.05) is 36.6 Å². The number of amides is 2. The molecular formula is C34H41N3O7S2. The summed E-state index contributed by atoms with van der Waals surface area (Å²) in [4.78, 5) is 39.8. The molecule has 0 aromatic heterocycles. The molecule has 0 spiro atoms. The van der Waals surface area contributed by atoms with Gasteiger partial charge in [0.2, 0.25) is 5.91 Å². The van der Waals surface area contributed by atoms with Gasteiger partial charge in [0.25, 0.3) is 5.91 Å². The molecule has 0 aliphatic carbocycles. The van der Waals surface area contributed by atoms with Crippen LogP contribution in [0, 0.1) is 5.41 Å². The van der Waals surface area contributed by atoms with Gasteiger partial charge in [-0.3, -0.25) is 14.4 Å². The van der Waals surface area contributed by atoms with Crippen LogP contribution in [0.1, 0.15) is 51.1 Å². The maximum absolute atomic E-state index is 14.1. The highest BCUT2D eigenvalue weighted by molar-refractivity contribution is 7.98. The van der Waals surface area contributed by atoms with E-state index < -0.39 is 52.2 Å². The molecule has 246 valence electrons. The molecule has 0 fully saturated rings. The van der Waals surface area contributed by atoms with Crippen molar-refractivity contribution >= 4 is 50.8 Å². The number of unbranched alkanes of at least 4 members (excludes halogenated alkanes) is 1. The number of sulfone groups is 1. The van der Waals surface area contributed by atoms with Crippen LogP contribution in [0.3, 0.4) is 0 Å². The minimum absolute atomic E-state index is 0.00438. The van der Waals surface area contributed by atoms with Crippen molar-refractivity contribution in [2.24, 2.45) is 5.41 Å². The van der Waals surface area contributed by atoms with Gasteiger partial charge >= 0.3 is 5.97 Å². The summed E-state index contributed by atoms with van der Waals surface area (Å²) in [5.41, 5.74) is 1.46. The molecule has 1 heterocycles. The number of nitrogens with one attached hydrogen (secondary N) is 2. The normalized spacial score (nSPS) is 17.7. The van der Waals surface area contributed by atoms with Crippen molar-refractivity contribution < 1.29 is 32.6 Å². The molecule has 1 aliphatic rings. The maximum Gasteiger partial charge on any atom is 0.322 e. The van der Waals surface area contributed by atoms with Gasteiger partial charge in [0.15, 0.2) is 16.4 Å². The van der Waals surface area contributed by atoms with Crippen LogP contribution in [0.5, 0.6) is 5.75 Å². The lowest BCUT2D eigenvalue weighted by molar-refractivity contribution is -0.138. The Bertz CT molecular complexity index is 1640. The van der Waals surface area contributed by atoms with Crippen LogP contribution in [-0.2, 0) is 24.2 Å². The number of para-hydroxylation sites is 1. The van der Waals surface area contributed by atoms with Gasteiger partial charge < -0.3 is 25.4 Å². The van der Waals surface area contributed by atoms with Gasteiger partial charge in [-0.1, -0.05) is 75.2 Å². The molecule has 3 aromatic rings. The second-order valence-corrected chi connectivity index (χ2v) is 14.2. The molecule has 12 heteroatoms. The third-order valence-electron chi connectivity index (χ3n) is 8.21. The monoisotopic (exact) mass is 667 g/mol. The van der Waals surface area contributed by atoms with Crippen molar-refractivity contribution in [1.82, 2.24) is 10.6 Å². The van der Waals surface area contributed by atoms with E-state index in [0.717, 1.165) is 24.9 Å². The van der Waals surface area contributed by atoms with Crippen molar-refractivity contribution in [1.29, 1.82) is 0 Å². The van der Waals surface area contributed by atoms with Crippen LogP contribution in [-0.4, -0.2) is 63.0 Å². The Morgan fingerprint density at radius 2 is 1.72 bits per heavy atom. The van der Waals surface area contributed by atoms with Gasteiger partial charge in [0.1, 0.15) is 18.3 Å². The molecule has 0 radical (unpaired) electrons. The van der Waals surface area contributed by atoms with Gasteiger partial charge in [0.05, 0.1) is 21.2 Å². The molecule has 0 saturated carbocycles. The predicted octanol–water partition coefficient (Wildman–Crippen LogP) is 5.36. The Balaban J connectivity index is 1.66. The molecule has 46 heavy (non-hydrogen) atoms. The summed E-state index contributed by atoms with van der Waals surface area (Å²) >= 11 is 1.37. The average Bonchev–Trinajstić information content (AvgIpc) is 3.16. The predicted molar refractivity (Wildman–Crippen MR) is 179 cm³/mol. The number of rotatable bonds is 14. The first-order valence-corrected chi connectivity index (χ1v) is 18.1. The Morgan fingerprint density at radius 1 is 1.04 bits per heavy atom. The highest BCUT2D eigenvalue weighted by Crippen LogP contribution is 2.47. The van der Waals surface area contributed by atoms with Crippen LogP contribution in [0.25, 0.3) is 0 Å². The third kappa shape index (κ3) is 8.41. The van der Waals surface area contributed by atoms with Crippen molar-refractivity contribution in [2.45, 2.75) is 55.4 Å². The molecule has 2 atom stereocenters. The summed E-state index contributed by atoms with van der Waals surface area (Å²) in [5, 5.41) is 13.9. The van der Waals surface area contributed by atoms with Gasteiger partial charge in [-0.05, 0) is 42.9 Å². The fourth-order valence-corrected chi connectivity index (χ4v) is 8.42. The minimum Gasteiger partial charge on any atom is -0.483 e. The van der Waals surface area contributed by atoms with E-state index in [1.165, 1.54) is 17.8 Å². The number of ether oxygens (including phenoxy) is 1. The molecular weight excluding hydrogens is 627 g/mol. The van der Waals surface area contributed by atoms with Crippen molar-refractivity contribution in [3.8, 4) is 5.75 Å². The molecule has 3 aromatic carbocycles. The number of fused-ring (bicyclic) bond motifs is 1. The first-order valence-electron chi connectivity index (χ1n) is 15.3. The molecule has 3 N–H and O–H groups in total. The van der Waals surface area contributed by atoms with E-state index >= 15 is 0 Å². The highest BCUT2D eigenvalue weighted by Gasteiger charge is 2.42. The lowest BCUT2D eigenvalue weighted by Gasteiger charge is -2.36. The van der Waals surface area contributed by atoms with Crippen LogP contribution in [0.15, 0.2) is 82.6 Å². The lowest BCUT2D eigenvalue weighted by atomic mass is 9.81. The van der Waals surface area contributed by atoms with Gasteiger partial charge in [-0.2, -0.15) is 0 Å². The zero-order valence-electron chi connectivity index (χ0n) is 26.3. The fraction of sp³-hybridized carbons (Fsp3) is 0.382. The van der Waals surface area contributed by atoms with Gasteiger partial charge in [-0.25, -0.2) is 8.42 Å². The molecule has 10 nitrogen and oxygen atoms in total. The number of carbonyl (C=O) groups excluding carboxylic acids is 2. The number of anilines is 2. The first-order chi connectivity index (χ1) is 22.0. The summed E-state index contributed by atoms with van der Waals surface area (Å²) in [5.74, 6) is -2.31. The number of nitrogens with zero attached hydrogens (tertiary/aromatic N) is 1. The Hall–Kier alpha value is -4.03. The van der Waals surface area contributed by atoms with Crippen LogP contribution >= 0.6 is 11.8 Å². The van der Waals surface area contributed by atoms with E-state index in [1.54, 1.807) is 30.3 Å². The van der Waals surface area contributed by atoms with Crippen molar-refractivity contribution in [3.63, 3.8) is 0 Å². The first kappa shape index (κ1) is 34.8. The molecule has 4 rings (SSSR count). The summed E-state index contributed by atoms with van der Waals surface area (Å²) in [6.07, 6.45) is 5.20. The minimum atomic E-state index is -3.77. The van der Waals surface area contributed by atoms with Gasteiger partial charge in [0, 0.05) is 23.7 Å². The molecule has 0 bridgehead atoms. The number of hydrogen-bond donors (Lipinski definition) is 3. The quantitative estimate of drug-likeness (QED) is 0.194. The summed E-state index contributed by atoms with van der Waals surface area (Å²) < 4.78 is 34.2. The van der Waals surface area contributed by atoms with Crippen LogP contribution in [0.2, 0.25) is 0 Å². The van der Waals surface area contributed by atoms with E-state index in [-0.39, 0.29) is 16.4 Å². The summed E-state index contributed by atoms with van der Waals surface area (Å²) in [6, 6.07) is 20.4. The second kappa shape index (κ2) is 15.5. The molecule has 2 amide bonds. The highest BCUT2D eigenvalue weighted by atomic mass is 32.2. The summed E-state index contributed by atoms with van der Waals surface area (Å²) in [6.45, 7) is 3.59. The Kier molecular flexibility index (Phi) is 11.7. The Labute approximate surface area is 274 Å². The molecule has 1 unspecified atom stereocenters. The summed E-state index contributed by atoms with van der Waals surface area (Å²) in [7, 11) is -3.77. The number of thioether (sulfide) groups is 1. The van der Waals surface area contributed by atoms with Crippen molar-refractivity contribution in [3.05, 3.63) is 78.4 Å². The zero-order chi connectivity index (χ0) is 33.3. The second-order valence-electron chi connectivity index (χ2n) is 11.4. The SMILES string of the molecule is CCCCC1(CC)CN(c2ccccc2)c2cc(SC)c(OCC(=O)N[C@@H](C(=O)NCC(=O)O)c3ccccc3)cc2S(=O)(=O)C1. The number of aliphatic carboxylic acids is 1. The molecule has 1 aliphatic heterocycles. The number of benzene rings is 3. The topological polar surface area (TPSA) is 142 Å².